The van der Waals surface area contributed by atoms with Crippen molar-refractivity contribution in [2.24, 2.45) is 17.3 Å². The molecule has 0 aromatic rings. The monoisotopic (exact) mass is 598 g/mol. The molecule has 8 atom stereocenters. The first-order valence-electron chi connectivity index (χ1n) is 14.9. The van der Waals surface area contributed by atoms with Gasteiger partial charge in [-0.3, -0.25) is 24.0 Å². The van der Waals surface area contributed by atoms with Gasteiger partial charge in [-0.05, 0) is 65.2 Å². The van der Waals surface area contributed by atoms with E-state index in [4.69, 9.17) is 9.57 Å². The number of carbonyl (C=O) groups excluding carboxylic acids is 5. The number of ether oxygens (including phenoxy) is 1. The number of rotatable bonds is 9. The number of likely N-dealkylation sites (N-methyl/N-ethyl adjacent to an activating group) is 1. The number of aliphatic hydroxyl groups is 2. The summed E-state index contributed by atoms with van der Waals surface area (Å²) >= 11 is 0. The van der Waals surface area contributed by atoms with Crippen LogP contribution in [-0.2, 0) is 33.5 Å². The van der Waals surface area contributed by atoms with Crippen LogP contribution in [0.25, 0.3) is 0 Å². The van der Waals surface area contributed by atoms with E-state index in [1.165, 1.54) is 25.8 Å². The van der Waals surface area contributed by atoms with Crippen LogP contribution in [0.2, 0.25) is 0 Å². The summed E-state index contributed by atoms with van der Waals surface area (Å²) in [5.41, 5.74) is -1.30. The van der Waals surface area contributed by atoms with Gasteiger partial charge in [-0.1, -0.05) is 27.2 Å². The van der Waals surface area contributed by atoms with Crippen LogP contribution in [0.4, 0.5) is 0 Å². The van der Waals surface area contributed by atoms with Crippen molar-refractivity contribution in [3.8, 4) is 0 Å². The van der Waals surface area contributed by atoms with E-state index in [-0.39, 0.29) is 25.5 Å². The van der Waals surface area contributed by atoms with Gasteiger partial charge in [0, 0.05) is 13.7 Å². The molecule has 4 amide bonds. The standard InChI is InChI=1S/C29H50N4O9/c1-9-10-20(35)12-11-17(3)23-29(6,7)28(40)31-18(4)25(37)33-15-21(42-33)26(38)32(8)22(16(2)13-14-34)24(36)30-19(5)27(39)41-23/h16-23,34-35H,9-15H2,1-8H3,(H,30,36)(H,31,40)/t16-,17+,18-,19-,20-,21?,22-,23-/m0/s1. The quantitative estimate of drug-likeness (QED) is 0.218. The molecule has 240 valence electrons. The molecule has 13 nitrogen and oxygen atoms in total. The Hall–Kier alpha value is -2.77. The Morgan fingerprint density at radius 1 is 0.952 bits per heavy atom. The predicted octanol–water partition coefficient (Wildman–Crippen LogP) is 0.513. The molecule has 3 rings (SSSR count). The van der Waals surface area contributed by atoms with Crippen LogP contribution in [0.1, 0.15) is 80.6 Å². The first-order valence-corrected chi connectivity index (χ1v) is 14.9. The summed E-state index contributed by atoms with van der Waals surface area (Å²) in [6.45, 7) is 11.4. The second-order valence-corrected chi connectivity index (χ2v) is 12.4. The first-order chi connectivity index (χ1) is 19.6. The summed E-state index contributed by atoms with van der Waals surface area (Å²) in [4.78, 5) is 73.2. The fraction of sp³-hybridized carbons (Fsp3) is 0.828. The average Bonchev–Trinajstić information content (AvgIpc) is 2.88. The van der Waals surface area contributed by atoms with Crippen molar-refractivity contribution < 1.29 is 43.8 Å². The third kappa shape index (κ3) is 8.41. The molecule has 3 saturated heterocycles. The minimum atomic E-state index is -1.30. The molecule has 0 aromatic heterocycles. The molecule has 0 saturated carbocycles. The van der Waals surface area contributed by atoms with Gasteiger partial charge < -0.3 is 30.5 Å². The number of amides is 4. The van der Waals surface area contributed by atoms with E-state index < -0.39 is 77.4 Å². The van der Waals surface area contributed by atoms with Gasteiger partial charge in [0.2, 0.25) is 11.8 Å². The Bertz CT molecular complexity index is 984. The lowest BCUT2D eigenvalue weighted by Gasteiger charge is -2.42. The maximum atomic E-state index is 13.5. The van der Waals surface area contributed by atoms with Crippen molar-refractivity contribution in [2.75, 3.05) is 20.2 Å². The zero-order chi connectivity index (χ0) is 31.9. The minimum Gasteiger partial charge on any atom is -0.459 e. The molecule has 3 heterocycles. The number of aliphatic hydroxyl groups excluding tert-OH is 2. The van der Waals surface area contributed by atoms with Crippen LogP contribution in [0.3, 0.4) is 0 Å². The average molecular weight is 599 g/mol. The molecule has 0 aliphatic carbocycles. The number of fused-ring (bicyclic) bond motifs is 13. The molecule has 1 unspecified atom stereocenters. The van der Waals surface area contributed by atoms with Gasteiger partial charge in [0.1, 0.15) is 24.2 Å². The van der Waals surface area contributed by atoms with Crippen molar-refractivity contribution in [1.29, 1.82) is 0 Å². The van der Waals surface area contributed by atoms with E-state index >= 15 is 0 Å². The van der Waals surface area contributed by atoms with Crippen molar-refractivity contribution in [3.05, 3.63) is 0 Å². The molecule has 3 aliphatic heterocycles. The molecule has 13 heteroatoms. The van der Waals surface area contributed by atoms with Gasteiger partial charge in [0.05, 0.1) is 18.1 Å². The van der Waals surface area contributed by atoms with E-state index in [1.54, 1.807) is 20.8 Å². The molecule has 42 heavy (non-hydrogen) atoms. The summed E-state index contributed by atoms with van der Waals surface area (Å²) in [5, 5.41) is 26.1. The summed E-state index contributed by atoms with van der Waals surface area (Å²) < 4.78 is 5.92. The lowest BCUT2D eigenvalue weighted by molar-refractivity contribution is -0.276. The highest BCUT2D eigenvalue weighted by Crippen LogP contribution is 2.33. The number of hydrogen-bond donors (Lipinski definition) is 4. The van der Waals surface area contributed by atoms with Gasteiger partial charge in [0.25, 0.3) is 11.8 Å². The molecule has 0 radical (unpaired) electrons. The van der Waals surface area contributed by atoms with E-state index in [9.17, 15) is 34.2 Å². The van der Waals surface area contributed by atoms with Crippen LogP contribution >= 0.6 is 0 Å². The molecular formula is C29H50N4O9. The number of hydrogen-bond acceptors (Lipinski definition) is 9. The van der Waals surface area contributed by atoms with Crippen molar-refractivity contribution in [2.45, 2.75) is 117 Å². The van der Waals surface area contributed by atoms with E-state index in [0.29, 0.717) is 19.3 Å². The van der Waals surface area contributed by atoms with Gasteiger partial charge in [-0.2, -0.15) is 0 Å². The Balaban J connectivity index is 2.45. The highest BCUT2D eigenvalue weighted by atomic mass is 16.7. The second-order valence-electron chi connectivity index (χ2n) is 12.4. The maximum absolute atomic E-state index is 13.5. The summed E-state index contributed by atoms with van der Waals surface area (Å²) in [6, 6.07) is -3.17. The topological polar surface area (TPSA) is 175 Å². The summed E-state index contributed by atoms with van der Waals surface area (Å²) in [6.07, 6.45) is 0.0425. The SMILES string of the molecule is CCC[C@H](O)CC[C@@H](C)[C@@H]1OC(=O)[C@H](C)NC(=O)[C@H]([C@@H](C)CCO)N(C)C(=O)C2CN(O2)C(=O)[C@H](C)NC(=O)C1(C)C. The largest absolute Gasteiger partial charge is 0.459 e. The van der Waals surface area contributed by atoms with Gasteiger partial charge >= 0.3 is 5.97 Å². The number of nitrogens with zero attached hydrogens (tertiary/aromatic N) is 2. The highest BCUT2D eigenvalue weighted by Gasteiger charge is 2.47. The molecule has 3 aliphatic rings. The fourth-order valence-electron chi connectivity index (χ4n) is 5.54. The molecule has 3 fully saturated rings. The van der Waals surface area contributed by atoms with E-state index in [1.807, 2.05) is 13.8 Å². The Labute approximate surface area is 248 Å². The lowest BCUT2D eigenvalue weighted by Crippen LogP contribution is -2.64. The van der Waals surface area contributed by atoms with E-state index in [0.717, 1.165) is 11.5 Å². The van der Waals surface area contributed by atoms with Crippen molar-refractivity contribution in [3.63, 3.8) is 0 Å². The Morgan fingerprint density at radius 2 is 1.57 bits per heavy atom. The van der Waals surface area contributed by atoms with Crippen molar-refractivity contribution in [1.82, 2.24) is 20.6 Å². The summed E-state index contributed by atoms with van der Waals surface area (Å²) in [7, 11) is 1.43. The number of esters is 1. The highest BCUT2D eigenvalue weighted by molar-refractivity contribution is 5.94. The van der Waals surface area contributed by atoms with Gasteiger partial charge in [0.15, 0.2) is 6.10 Å². The van der Waals surface area contributed by atoms with Gasteiger partial charge in [-0.25, -0.2) is 9.86 Å². The lowest BCUT2D eigenvalue weighted by atomic mass is 9.77. The third-order valence-electron chi connectivity index (χ3n) is 8.33. The fourth-order valence-corrected chi connectivity index (χ4v) is 5.54. The molecule has 0 spiro atoms. The zero-order valence-corrected chi connectivity index (χ0v) is 26.2. The predicted molar refractivity (Wildman–Crippen MR) is 152 cm³/mol. The van der Waals surface area contributed by atoms with Gasteiger partial charge in [-0.15, -0.1) is 0 Å². The number of hydroxylamine groups is 2. The van der Waals surface area contributed by atoms with Crippen molar-refractivity contribution >= 4 is 29.6 Å². The summed E-state index contributed by atoms with van der Waals surface area (Å²) in [5.74, 6) is -3.87. The number of nitrogens with one attached hydrogen (secondary N) is 2. The molecular weight excluding hydrogens is 548 g/mol. The van der Waals surface area contributed by atoms with Crippen LogP contribution in [0.5, 0.6) is 0 Å². The second kappa shape index (κ2) is 15.1. The molecule has 0 aromatic carbocycles. The first kappa shape index (κ1) is 35.4. The normalized spacial score (nSPS) is 30.0. The molecule has 4 N–H and O–H groups in total. The smallest absolute Gasteiger partial charge is 0.328 e. The third-order valence-corrected chi connectivity index (χ3v) is 8.33. The Kier molecular flexibility index (Phi) is 12.7. The minimum absolute atomic E-state index is 0.0634. The van der Waals surface area contributed by atoms with Crippen LogP contribution < -0.4 is 10.6 Å². The van der Waals surface area contributed by atoms with E-state index in [2.05, 4.69) is 10.6 Å². The maximum Gasteiger partial charge on any atom is 0.328 e. The molecule has 2 bridgehead atoms. The Morgan fingerprint density at radius 3 is 2.14 bits per heavy atom. The van der Waals surface area contributed by atoms with Crippen LogP contribution in [-0.4, -0.2) is 106 Å². The van der Waals surface area contributed by atoms with Crippen LogP contribution in [0, 0.1) is 17.3 Å². The zero-order valence-electron chi connectivity index (χ0n) is 26.2. The van der Waals surface area contributed by atoms with Crippen LogP contribution in [0.15, 0.2) is 0 Å². The number of carbonyl (C=O) groups is 5.